The van der Waals surface area contributed by atoms with Crippen molar-refractivity contribution >= 4 is 27.8 Å². The third-order valence-electron chi connectivity index (χ3n) is 8.09. The molecule has 0 radical (unpaired) electrons. The number of aliphatic hydroxyl groups is 1. The van der Waals surface area contributed by atoms with E-state index in [1.807, 2.05) is 24.3 Å². The number of likely N-dealkylation sites (tertiary alicyclic amines) is 2. The predicted octanol–water partition coefficient (Wildman–Crippen LogP) is 4.28. The lowest BCUT2D eigenvalue weighted by Crippen LogP contribution is -2.47. The Morgan fingerprint density at radius 2 is 1.77 bits per heavy atom. The van der Waals surface area contributed by atoms with Crippen LogP contribution in [0, 0.1) is 5.82 Å². The Morgan fingerprint density at radius 1 is 1.05 bits per heavy atom. The lowest BCUT2D eigenvalue weighted by molar-refractivity contribution is 0.0729. The number of carbonyl (C=O) groups is 1. The van der Waals surface area contributed by atoms with Crippen LogP contribution in [0.25, 0.3) is 21.9 Å². The minimum atomic E-state index is -0.341. The van der Waals surface area contributed by atoms with Gasteiger partial charge in [-0.1, -0.05) is 12.1 Å². The average Bonchev–Trinajstić information content (AvgIpc) is 3.58. The molecule has 2 aromatic carbocycles. The van der Waals surface area contributed by atoms with E-state index < -0.39 is 0 Å². The van der Waals surface area contributed by atoms with Crippen molar-refractivity contribution in [1.29, 1.82) is 0 Å². The molecule has 3 N–H and O–H groups in total. The Kier molecular flexibility index (Phi) is 7.54. The fraction of sp³-hybridized carbons (Fsp3) is 0.433. The van der Waals surface area contributed by atoms with E-state index in [0.717, 1.165) is 75.9 Å². The normalized spacial score (nSPS) is 18.2. The minimum absolute atomic E-state index is 0.120. The molecule has 2 aliphatic heterocycles. The minimum Gasteiger partial charge on any atom is -0.488 e. The highest BCUT2D eigenvalue weighted by atomic mass is 19.1. The van der Waals surface area contributed by atoms with E-state index in [0.29, 0.717) is 28.0 Å². The van der Waals surface area contributed by atoms with Crippen molar-refractivity contribution in [1.82, 2.24) is 20.1 Å². The number of aromatic amines is 1. The van der Waals surface area contributed by atoms with Gasteiger partial charge in [0.15, 0.2) is 0 Å². The topological polar surface area (TPSA) is 94.0 Å². The number of piperidine rings is 2. The van der Waals surface area contributed by atoms with Crippen LogP contribution in [0.5, 0.6) is 5.75 Å². The number of aromatic nitrogens is 1. The van der Waals surface area contributed by atoms with Gasteiger partial charge in [-0.25, -0.2) is 4.39 Å². The first kappa shape index (κ1) is 25.9. The molecule has 0 aliphatic carbocycles. The molecular formula is C30H35FN4O4. The summed E-state index contributed by atoms with van der Waals surface area (Å²) >= 11 is 0. The Balaban J connectivity index is 1.03. The number of amides is 1. The number of furan rings is 1. The number of fused-ring (bicyclic) bond motifs is 2. The molecule has 4 heterocycles. The maximum Gasteiger partial charge on any atom is 0.267 e. The fourth-order valence-corrected chi connectivity index (χ4v) is 5.73. The largest absolute Gasteiger partial charge is 0.488 e. The second kappa shape index (κ2) is 11.4. The van der Waals surface area contributed by atoms with E-state index in [1.165, 1.54) is 12.3 Å². The van der Waals surface area contributed by atoms with Crippen molar-refractivity contribution in [3.05, 3.63) is 65.8 Å². The molecule has 0 bridgehead atoms. The van der Waals surface area contributed by atoms with Crippen molar-refractivity contribution in [2.45, 2.75) is 44.4 Å². The maximum atomic E-state index is 14.3. The highest BCUT2D eigenvalue weighted by Gasteiger charge is 2.23. The molecule has 206 valence electrons. The third kappa shape index (κ3) is 5.80. The summed E-state index contributed by atoms with van der Waals surface area (Å²) in [5, 5.41) is 14.1. The number of carbonyl (C=O) groups excluding carboxylic acids is 1. The Hall–Kier alpha value is -3.40. The van der Waals surface area contributed by atoms with Crippen LogP contribution >= 0.6 is 0 Å². The molecule has 2 fully saturated rings. The molecule has 2 aromatic heterocycles. The van der Waals surface area contributed by atoms with Crippen LogP contribution in [-0.4, -0.2) is 77.2 Å². The number of halogens is 1. The fourth-order valence-electron chi connectivity index (χ4n) is 5.73. The first-order chi connectivity index (χ1) is 19.0. The number of nitrogens with zero attached hydrogens (tertiary/aromatic N) is 2. The number of rotatable bonds is 8. The number of ether oxygens (including phenoxy) is 1. The van der Waals surface area contributed by atoms with Gasteiger partial charge in [-0.15, -0.1) is 0 Å². The zero-order chi connectivity index (χ0) is 26.8. The highest BCUT2D eigenvalue weighted by molar-refractivity contribution is 5.99. The van der Waals surface area contributed by atoms with E-state index in [-0.39, 0.29) is 30.5 Å². The SMILES string of the molecule is O=C(NC1CCN(CCN2CCC(O)CC2)CC1)c1cc2c(OCc3coc4cccc(F)c34)cccc2[nH]1. The van der Waals surface area contributed by atoms with Crippen molar-refractivity contribution in [3.8, 4) is 5.75 Å². The van der Waals surface area contributed by atoms with E-state index in [4.69, 9.17) is 9.15 Å². The Bertz CT molecular complexity index is 1430. The van der Waals surface area contributed by atoms with Crippen molar-refractivity contribution < 1.29 is 23.4 Å². The van der Waals surface area contributed by atoms with Crippen LogP contribution in [0.3, 0.4) is 0 Å². The number of aliphatic hydroxyl groups excluding tert-OH is 1. The van der Waals surface area contributed by atoms with Gasteiger partial charge in [-0.2, -0.15) is 0 Å². The molecule has 0 saturated carbocycles. The molecule has 0 atom stereocenters. The summed E-state index contributed by atoms with van der Waals surface area (Å²) in [6, 6.07) is 12.3. The molecule has 4 aromatic rings. The van der Waals surface area contributed by atoms with E-state index in [1.54, 1.807) is 12.1 Å². The lowest BCUT2D eigenvalue weighted by atomic mass is 10.0. The van der Waals surface area contributed by atoms with Crippen molar-refractivity contribution in [3.63, 3.8) is 0 Å². The molecule has 0 unspecified atom stereocenters. The molecule has 39 heavy (non-hydrogen) atoms. The van der Waals surface area contributed by atoms with Gasteiger partial charge in [0, 0.05) is 61.8 Å². The number of H-pyrrole nitrogens is 1. The van der Waals surface area contributed by atoms with Crippen molar-refractivity contribution in [2.24, 2.45) is 0 Å². The van der Waals surface area contributed by atoms with Gasteiger partial charge in [-0.3, -0.25) is 4.79 Å². The molecule has 1 amide bonds. The third-order valence-corrected chi connectivity index (χ3v) is 8.09. The summed E-state index contributed by atoms with van der Waals surface area (Å²) in [6.45, 7) is 6.11. The number of hydrogen-bond donors (Lipinski definition) is 3. The van der Waals surface area contributed by atoms with Gasteiger partial charge < -0.3 is 34.4 Å². The van der Waals surface area contributed by atoms with Crippen molar-refractivity contribution in [2.75, 3.05) is 39.3 Å². The van der Waals surface area contributed by atoms with Gasteiger partial charge in [0.2, 0.25) is 0 Å². The molecule has 2 saturated heterocycles. The first-order valence-electron chi connectivity index (χ1n) is 13.9. The summed E-state index contributed by atoms with van der Waals surface area (Å²) in [5.41, 5.74) is 2.42. The van der Waals surface area contributed by atoms with Gasteiger partial charge in [0.25, 0.3) is 5.91 Å². The Morgan fingerprint density at radius 3 is 2.54 bits per heavy atom. The predicted molar refractivity (Wildman–Crippen MR) is 147 cm³/mol. The standard InChI is InChI=1S/C30H35FN4O4/c31-24-3-1-6-28-29(24)20(19-39-28)18-38-27-5-2-4-25-23(27)17-26(33-25)30(37)32-21-7-11-34(12-8-21)15-16-35-13-9-22(36)10-14-35/h1-6,17,19,21-22,33,36H,7-16,18H2,(H,32,37). The molecule has 9 heteroatoms. The molecule has 2 aliphatic rings. The highest BCUT2D eigenvalue weighted by Crippen LogP contribution is 2.30. The Labute approximate surface area is 226 Å². The van der Waals surface area contributed by atoms with Crippen LogP contribution in [0.2, 0.25) is 0 Å². The second-order valence-corrected chi connectivity index (χ2v) is 10.7. The molecule has 6 rings (SSSR count). The number of benzene rings is 2. The summed E-state index contributed by atoms with van der Waals surface area (Å²) in [6.07, 6.45) is 4.98. The van der Waals surface area contributed by atoms with Crippen LogP contribution in [0.1, 0.15) is 41.7 Å². The zero-order valence-corrected chi connectivity index (χ0v) is 22.0. The summed E-state index contributed by atoms with van der Waals surface area (Å²) in [4.78, 5) is 21.2. The van der Waals surface area contributed by atoms with Crippen LogP contribution in [0.4, 0.5) is 4.39 Å². The molecule has 8 nitrogen and oxygen atoms in total. The monoisotopic (exact) mass is 534 g/mol. The smallest absolute Gasteiger partial charge is 0.267 e. The van der Waals surface area contributed by atoms with Gasteiger partial charge in [0.05, 0.1) is 17.8 Å². The molecular weight excluding hydrogens is 499 g/mol. The maximum absolute atomic E-state index is 14.3. The van der Waals surface area contributed by atoms with E-state index in [2.05, 4.69) is 20.1 Å². The second-order valence-electron chi connectivity index (χ2n) is 10.7. The molecule has 0 spiro atoms. The van der Waals surface area contributed by atoms with Crippen LogP contribution in [0.15, 0.2) is 53.1 Å². The zero-order valence-electron chi connectivity index (χ0n) is 22.0. The average molecular weight is 535 g/mol. The van der Waals surface area contributed by atoms with Gasteiger partial charge in [0.1, 0.15) is 29.5 Å². The number of hydrogen-bond acceptors (Lipinski definition) is 6. The number of nitrogens with one attached hydrogen (secondary N) is 2. The summed E-state index contributed by atoms with van der Waals surface area (Å²) in [5.74, 6) is 0.155. The van der Waals surface area contributed by atoms with Gasteiger partial charge >= 0.3 is 0 Å². The van der Waals surface area contributed by atoms with Gasteiger partial charge in [-0.05, 0) is 56.0 Å². The first-order valence-corrected chi connectivity index (χ1v) is 13.9. The van der Waals surface area contributed by atoms with Crippen LogP contribution < -0.4 is 10.1 Å². The summed E-state index contributed by atoms with van der Waals surface area (Å²) < 4.78 is 25.8. The van der Waals surface area contributed by atoms with E-state index >= 15 is 0 Å². The lowest BCUT2D eigenvalue weighted by Gasteiger charge is -2.35. The summed E-state index contributed by atoms with van der Waals surface area (Å²) in [7, 11) is 0. The quantitative estimate of drug-likeness (QED) is 0.312. The van der Waals surface area contributed by atoms with E-state index in [9.17, 15) is 14.3 Å². The van der Waals surface area contributed by atoms with Crippen LogP contribution in [-0.2, 0) is 6.61 Å².